The Morgan fingerprint density at radius 1 is 1.15 bits per heavy atom. The number of hydrogen-bond donors (Lipinski definition) is 0. The molecule has 1 aliphatic rings. The average molecular weight is 276 g/mol. The summed E-state index contributed by atoms with van der Waals surface area (Å²) in [6.07, 6.45) is 3.71. The van der Waals surface area contributed by atoms with Crippen molar-refractivity contribution in [2.24, 2.45) is 5.92 Å². The molecule has 110 valence electrons. The molecule has 0 fully saturated rings. The number of Topliss-reactive ketones (excluding diaryl/α,β-unsaturated/α-hetero) is 1. The average Bonchev–Trinajstić information content (AvgIpc) is 2.43. The first-order chi connectivity index (χ1) is 9.66. The van der Waals surface area contributed by atoms with Crippen LogP contribution in [0.2, 0.25) is 0 Å². The molecule has 0 heterocycles. The van der Waals surface area contributed by atoms with E-state index in [1.165, 1.54) is 0 Å². The first-order valence-electron chi connectivity index (χ1n) is 7.53. The number of carbonyl (C=O) groups excluding carboxylic acids is 1. The van der Waals surface area contributed by atoms with Gasteiger partial charge in [-0.3, -0.25) is 4.79 Å². The second kappa shape index (κ2) is 7.44. The fourth-order valence-electron chi connectivity index (χ4n) is 2.34. The quantitative estimate of drug-likeness (QED) is 0.713. The van der Waals surface area contributed by atoms with Crippen molar-refractivity contribution in [1.82, 2.24) is 0 Å². The smallest absolute Gasteiger partial charge is 0.163 e. The van der Waals surface area contributed by atoms with Crippen molar-refractivity contribution in [2.45, 2.75) is 39.5 Å². The van der Waals surface area contributed by atoms with Crippen LogP contribution < -0.4 is 4.74 Å². The normalized spacial score (nSPS) is 14.4. The molecule has 0 N–H and O–H groups in total. The number of ketones is 1. The summed E-state index contributed by atoms with van der Waals surface area (Å²) in [6.45, 7) is 6.28. The number of benzene rings is 1. The highest BCUT2D eigenvalue weighted by atomic mass is 16.5. The lowest BCUT2D eigenvalue weighted by molar-refractivity contribution is 0.0923. The molecule has 2 rings (SSSR count). The molecule has 0 amide bonds. The molecule has 0 radical (unpaired) electrons. The molecule has 3 nitrogen and oxygen atoms in total. The lowest BCUT2D eigenvalue weighted by Crippen LogP contribution is -2.12. The van der Waals surface area contributed by atoms with Crippen molar-refractivity contribution < 1.29 is 14.3 Å². The third kappa shape index (κ3) is 4.34. The van der Waals surface area contributed by atoms with Crippen LogP contribution in [0, 0.1) is 5.92 Å². The van der Waals surface area contributed by atoms with Gasteiger partial charge in [0.15, 0.2) is 5.78 Å². The van der Waals surface area contributed by atoms with E-state index in [2.05, 4.69) is 13.8 Å². The molecule has 0 aliphatic heterocycles. The van der Waals surface area contributed by atoms with Gasteiger partial charge in [-0.2, -0.15) is 0 Å². The SMILES string of the molecule is CC(C)CCOCCOc1ccc2c(c1)C(=O)CCC2. The highest BCUT2D eigenvalue weighted by Gasteiger charge is 2.17. The van der Waals surface area contributed by atoms with E-state index in [1.807, 2.05) is 18.2 Å². The first-order valence-corrected chi connectivity index (χ1v) is 7.53. The summed E-state index contributed by atoms with van der Waals surface area (Å²) in [7, 11) is 0. The lowest BCUT2D eigenvalue weighted by atomic mass is 9.90. The van der Waals surface area contributed by atoms with Crippen LogP contribution in [-0.4, -0.2) is 25.6 Å². The van der Waals surface area contributed by atoms with Crippen molar-refractivity contribution in [3.63, 3.8) is 0 Å². The van der Waals surface area contributed by atoms with E-state index in [1.54, 1.807) is 0 Å². The van der Waals surface area contributed by atoms with Crippen LogP contribution in [0.4, 0.5) is 0 Å². The molecule has 0 spiro atoms. The van der Waals surface area contributed by atoms with E-state index in [0.29, 0.717) is 25.6 Å². The molecule has 20 heavy (non-hydrogen) atoms. The van der Waals surface area contributed by atoms with Crippen LogP contribution in [0.3, 0.4) is 0 Å². The van der Waals surface area contributed by atoms with Crippen molar-refractivity contribution >= 4 is 5.78 Å². The van der Waals surface area contributed by atoms with Gasteiger partial charge >= 0.3 is 0 Å². The van der Waals surface area contributed by atoms with Crippen molar-refractivity contribution in [3.05, 3.63) is 29.3 Å². The monoisotopic (exact) mass is 276 g/mol. The minimum Gasteiger partial charge on any atom is -0.491 e. The molecule has 0 aromatic heterocycles. The van der Waals surface area contributed by atoms with E-state index in [9.17, 15) is 4.79 Å². The second-order valence-electron chi connectivity index (χ2n) is 5.74. The number of aryl methyl sites for hydroxylation is 1. The van der Waals surface area contributed by atoms with Crippen LogP contribution in [-0.2, 0) is 11.2 Å². The summed E-state index contributed by atoms with van der Waals surface area (Å²) in [5.74, 6) is 1.68. The molecule has 0 unspecified atom stereocenters. The Kier molecular flexibility index (Phi) is 5.60. The van der Waals surface area contributed by atoms with Gasteiger partial charge in [-0.25, -0.2) is 0 Å². The first kappa shape index (κ1) is 15.0. The van der Waals surface area contributed by atoms with Crippen molar-refractivity contribution in [3.8, 4) is 5.75 Å². The predicted octanol–water partition coefficient (Wildman–Crippen LogP) is 3.65. The molecule has 1 aliphatic carbocycles. The number of carbonyl (C=O) groups is 1. The molecular weight excluding hydrogens is 252 g/mol. The Morgan fingerprint density at radius 2 is 2.00 bits per heavy atom. The third-order valence-electron chi connectivity index (χ3n) is 3.57. The summed E-state index contributed by atoms with van der Waals surface area (Å²) in [5, 5.41) is 0. The molecule has 3 heteroatoms. The zero-order valence-corrected chi connectivity index (χ0v) is 12.5. The zero-order valence-electron chi connectivity index (χ0n) is 12.5. The summed E-state index contributed by atoms with van der Waals surface area (Å²) in [4.78, 5) is 11.8. The van der Waals surface area contributed by atoms with Gasteiger partial charge in [-0.1, -0.05) is 19.9 Å². The fraction of sp³-hybridized carbons (Fsp3) is 0.588. The van der Waals surface area contributed by atoms with Gasteiger partial charge in [-0.05, 0) is 42.9 Å². The molecule has 0 saturated carbocycles. The largest absolute Gasteiger partial charge is 0.491 e. The Hall–Kier alpha value is -1.35. The van der Waals surface area contributed by atoms with Crippen molar-refractivity contribution in [1.29, 1.82) is 0 Å². The third-order valence-corrected chi connectivity index (χ3v) is 3.57. The van der Waals surface area contributed by atoms with Crippen LogP contribution in [0.1, 0.15) is 49.0 Å². The molecule has 0 bridgehead atoms. The summed E-state index contributed by atoms with van der Waals surface area (Å²) in [5.41, 5.74) is 2.00. The summed E-state index contributed by atoms with van der Waals surface area (Å²) < 4.78 is 11.2. The molecule has 1 aromatic carbocycles. The standard InChI is InChI=1S/C17H24O3/c1-13(2)8-9-19-10-11-20-15-7-6-14-4-3-5-17(18)16(14)12-15/h6-7,12-13H,3-5,8-11H2,1-2H3. The molecule has 0 saturated heterocycles. The highest BCUT2D eigenvalue weighted by molar-refractivity contribution is 5.98. The maximum absolute atomic E-state index is 11.8. The predicted molar refractivity (Wildman–Crippen MR) is 79.5 cm³/mol. The van der Waals surface area contributed by atoms with E-state index in [-0.39, 0.29) is 5.78 Å². The number of fused-ring (bicyclic) bond motifs is 1. The van der Waals surface area contributed by atoms with E-state index >= 15 is 0 Å². The Balaban J connectivity index is 1.76. The second-order valence-corrected chi connectivity index (χ2v) is 5.74. The molecule has 1 aromatic rings. The van der Waals surface area contributed by atoms with Gasteiger partial charge in [0.05, 0.1) is 6.61 Å². The topological polar surface area (TPSA) is 35.5 Å². The van der Waals surface area contributed by atoms with Gasteiger partial charge in [0.25, 0.3) is 0 Å². The maximum Gasteiger partial charge on any atom is 0.163 e. The molecular formula is C17H24O3. The number of hydrogen-bond acceptors (Lipinski definition) is 3. The minimum atomic E-state index is 0.241. The van der Waals surface area contributed by atoms with E-state index in [0.717, 1.165) is 42.7 Å². The van der Waals surface area contributed by atoms with Gasteiger partial charge in [0.1, 0.15) is 12.4 Å². The minimum absolute atomic E-state index is 0.241. The van der Waals surface area contributed by atoms with E-state index in [4.69, 9.17) is 9.47 Å². The van der Waals surface area contributed by atoms with Crippen LogP contribution >= 0.6 is 0 Å². The summed E-state index contributed by atoms with van der Waals surface area (Å²) >= 11 is 0. The molecule has 0 atom stereocenters. The number of rotatable bonds is 7. The fourth-order valence-corrected chi connectivity index (χ4v) is 2.34. The van der Waals surface area contributed by atoms with Crippen LogP contribution in [0.15, 0.2) is 18.2 Å². The maximum atomic E-state index is 11.8. The highest BCUT2D eigenvalue weighted by Crippen LogP contribution is 2.25. The van der Waals surface area contributed by atoms with Crippen molar-refractivity contribution in [2.75, 3.05) is 19.8 Å². The Morgan fingerprint density at radius 3 is 2.80 bits per heavy atom. The number of ether oxygens (including phenoxy) is 2. The Bertz CT molecular complexity index is 452. The Labute approximate surface area is 121 Å². The summed E-state index contributed by atoms with van der Waals surface area (Å²) in [6, 6.07) is 5.85. The van der Waals surface area contributed by atoms with Gasteiger partial charge in [0, 0.05) is 18.6 Å². The van der Waals surface area contributed by atoms with Crippen LogP contribution in [0.5, 0.6) is 5.75 Å². The lowest BCUT2D eigenvalue weighted by Gasteiger charge is -2.16. The van der Waals surface area contributed by atoms with Gasteiger partial charge in [0.2, 0.25) is 0 Å². The van der Waals surface area contributed by atoms with Crippen LogP contribution in [0.25, 0.3) is 0 Å². The zero-order chi connectivity index (χ0) is 14.4. The van der Waals surface area contributed by atoms with Gasteiger partial charge < -0.3 is 9.47 Å². The van der Waals surface area contributed by atoms with Gasteiger partial charge in [-0.15, -0.1) is 0 Å². The van der Waals surface area contributed by atoms with E-state index < -0.39 is 0 Å².